The van der Waals surface area contributed by atoms with E-state index in [1.54, 1.807) is 18.2 Å². The number of nitrogens with one attached hydrogen (secondary N) is 2. The molecular weight excluding hydrogens is 620 g/mol. The normalized spacial score (nSPS) is 16.0. The fourth-order valence-electron chi connectivity index (χ4n) is 7.19. The van der Waals surface area contributed by atoms with Crippen LogP contribution < -0.4 is 10.6 Å². The fourth-order valence-corrected chi connectivity index (χ4v) is 7.19. The summed E-state index contributed by atoms with van der Waals surface area (Å²) in [7, 11) is 0. The number of aryl methyl sites for hydroxylation is 1. The zero-order valence-electron chi connectivity index (χ0n) is 29.5. The highest BCUT2D eigenvalue weighted by Gasteiger charge is 2.36. The Labute approximate surface area is 289 Å². The molecule has 1 aromatic heterocycles. The number of aliphatic hydroxyl groups excluding tert-OH is 1. The first-order chi connectivity index (χ1) is 23.3. The summed E-state index contributed by atoms with van der Waals surface area (Å²) in [5, 5.41) is 19.2. The molecule has 0 saturated heterocycles. The van der Waals surface area contributed by atoms with E-state index in [1.165, 1.54) is 30.2 Å². The van der Waals surface area contributed by atoms with Crippen LogP contribution in [0, 0.1) is 11.6 Å². The topological polar surface area (TPSA) is 83.4 Å². The van der Waals surface area contributed by atoms with E-state index >= 15 is 0 Å². The van der Waals surface area contributed by atoms with Gasteiger partial charge in [-0.1, -0.05) is 83.7 Å². The summed E-state index contributed by atoms with van der Waals surface area (Å²) < 4.78 is 30.5. The Hall–Kier alpha value is -3.88. The standard InChI is InChI=1S/C41H51F2N3O3/c1-6-7-18-46-26-35(27(2)47)34-15-14-29(22-37(34)46)39(49)45-36(21-28-19-32(42)24-33(43)20-28)38(48)25-44-41(16-9-8-10-17-41)31-13-11-12-30(23-31)40(3,4)5/h11-15,19-20,22-24,26,36,38,44,48H,6-10,16-18,21,25H2,1-5H3,(H,45,49)/t36-,38+/m0/s1. The van der Waals surface area contributed by atoms with Crippen LogP contribution in [0.2, 0.25) is 0 Å². The van der Waals surface area contributed by atoms with Crippen LogP contribution >= 0.6 is 0 Å². The van der Waals surface area contributed by atoms with Crippen molar-refractivity contribution in [3.63, 3.8) is 0 Å². The number of rotatable bonds is 13. The number of carbonyl (C=O) groups excluding carboxylic acids is 2. The van der Waals surface area contributed by atoms with Crippen LogP contribution in [-0.4, -0.2) is 40.1 Å². The van der Waals surface area contributed by atoms with Gasteiger partial charge in [-0.15, -0.1) is 0 Å². The summed E-state index contributed by atoms with van der Waals surface area (Å²) in [6.45, 7) is 11.1. The van der Waals surface area contributed by atoms with Gasteiger partial charge in [-0.25, -0.2) is 8.78 Å². The third-order valence-electron chi connectivity index (χ3n) is 10.1. The number of nitrogens with zero attached hydrogens (tertiary/aromatic N) is 1. The van der Waals surface area contributed by atoms with Crippen LogP contribution in [0.15, 0.2) is 66.9 Å². The Morgan fingerprint density at radius 2 is 1.69 bits per heavy atom. The van der Waals surface area contributed by atoms with Crippen molar-refractivity contribution in [1.82, 2.24) is 15.2 Å². The van der Waals surface area contributed by atoms with Crippen LogP contribution in [0.1, 0.15) is 117 Å². The lowest BCUT2D eigenvalue weighted by Crippen LogP contribution is -2.53. The maximum atomic E-state index is 14.3. The lowest BCUT2D eigenvalue weighted by Gasteiger charge is -2.41. The quantitative estimate of drug-likeness (QED) is 0.125. The molecule has 49 heavy (non-hydrogen) atoms. The predicted octanol–water partition coefficient (Wildman–Crippen LogP) is 8.37. The highest BCUT2D eigenvalue weighted by atomic mass is 19.1. The van der Waals surface area contributed by atoms with Crippen molar-refractivity contribution < 1.29 is 23.5 Å². The maximum Gasteiger partial charge on any atom is 0.251 e. The molecule has 0 aliphatic heterocycles. The molecule has 262 valence electrons. The van der Waals surface area contributed by atoms with Crippen molar-refractivity contribution in [1.29, 1.82) is 0 Å². The molecule has 3 N–H and O–H groups in total. The summed E-state index contributed by atoms with van der Waals surface area (Å²) >= 11 is 0. The van der Waals surface area contributed by atoms with E-state index in [1.807, 2.05) is 10.8 Å². The monoisotopic (exact) mass is 671 g/mol. The van der Waals surface area contributed by atoms with Gasteiger partial charge in [0.2, 0.25) is 0 Å². The van der Waals surface area contributed by atoms with Gasteiger partial charge in [0, 0.05) is 52.9 Å². The summed E-state index contributed by atoms with van der Waals surface area (Å²) in [5.41, 5.74) is 4.16. The molecule has 1 aliphatic rings. The molecule has 8 heteroatoms. The zero-order chi connectivity index (χ0) is 35.3. The molecule has 5 rings (SSSR count). The van der Waals surface area contributed by atoms with Crippen molar-refractivity contribution in [2.75, 3.05) is 6.54 Å². The summed E-state index contributed by atoms with van der Waals surface area (Å²) in [6.07, 6.45) is 7.80. The largest absolute Gasteiger partial charge is 0.390 e. The van der Waals surface area contributed by atoms with E-state index < -0.39 is 29.7 Å². The number of ketones is 1. The number of hydrogen-bond donors (Lipinski definition) is 3. The predicted molar refractivity (Wildman–Crippen MR) is 192 cm³/mol. The van der Waals surface area contributed by atoms with E-state index in [2.05, 4.69) is 62.6 Å². The van der Waals surface area contributed by atoms with E-state index in [-0.39, 0.29) is 29.7 Å². The second kappa shape index (κ2) is 15.3. The third-order valence-corrected chi connectivity index (χ3v) is 10.1. The minimum atomic E-state index is -1.07. The van der Waals surface area contributed by atoms with Gasteiger partial charge in [-0.2, -0.15) is 0 Å². The molecule has 0 bridgehead atoms. The molecule has 1 fully saturated rings. The number of carbonyl (C=O) groups is 2. The SMILES string of the molecule is CCCCn1cc(C(C)=O)c2ccc(C(=O)N[C@@H](Cc3cc(F)cc(F)c3)[C@H](O)CNC3(c4cccc(C(C)(C)C)c4)CCCCC3)cc21. The number of amides is 1. The molecule has 3 aromatic carbocycles. The van der Waals surface area contributed by atoms with E-state index in [9.17, 15) is 23.5 Å². The van der Waals surface area contributed by atoms with Crippen LogP contribution in [0.4, 0.5) is 8.78 Å². The molecule has 6 nitrogen and oxygen atoms in total. The Kier molecular flexibility index (Phi) is 11.4. The third kappa shape index (κ3) is 8.65. The number of unbranched alkanes of at least 4 members (excludes halogenated alkanes) is 1. The molecular formula is C41H51F2N3O3. The summed E-state index contributed by atoms with van der Waals surface area (Å²) in [4.78, 5) is 26.2. The van der Waals surface area contributed by atoms with Crippen LogP contribution in [-0.2, 0) is 23.9 Å². The van der Waals surface area contributed by atoms with Gasteiger partial charge in [0.05, 0.1) is 12.1 Å². The van der Waals surface area contributed by atoms with Crippen molar-refractivity contribution in [2.45, 2.75) is 116 Å². The molecule has 4 aromatic rings. The molecule has 0 radical (unpaired) electrons. The Bertz CT molecular complexity index is 1760. The van der Waals surface area contributed by atoms with Crippen molar-refractivity contribution >= 4 is 22.6 Å². The number of aliphatic hydroxyl groups is 1. The number of benzene rings is 3. The smallest absolute Gasteiger partial charge is 0.251 e. The minimum absolute atomic E-state index is 0.0186. The van der Waals surface area contributed by atoms with Gasteiger partial charge in [0.1, 0.15) is 11.6 Å². The fraction of sp³-hybridized carbons (Fsp3) is 0.463. The first-order valence-corrected chi connectivity index (χ1v) is 17.7. The first-order valence-electron chi connectivity index (χ1n) is 17.7. The second-order valence-electron chi connectivity index (χ2n) is 14.9. The molecule has 2 atom stereocenters. The summed E-state index contributed by atoms with van der Waals surface area (Å²) in [6, 6.07) is 16.3. The molecule has 0 spiro atoms. The van der Waals surface area contributed by atoms with Gasteiger partial charge in [-0.3, -0.25) is 9.59 Å². The Morgan fingerprint density at radius 1 is 0.980 bits per heavy atom. The van der Waals surface area contributed by atoms with Crippen molar-refractivity contribution in [3.8, 4) is 0 Å². The van der Waals surface area contributed by atoms with Gasteiger partial charge in [0.25, 0.3) is 5.91 Å². The molecule has 1 saturated carbocycles. The van der Waals surface area contributed by atoms with Crippen LogP contribution in [0.5, 0.6) is 0 Å². The van der Waals surface area contributed by atoms with Gasteiger partial charge < -0.3 is 20.3 Å². The Balaban J connectivity index is 1.43. The molecule has 0 unspecified atom stereocenters. The van der Waals surface area contributed by atoms with Gasteiger partial charge in [0.15, 0.2) is 5.78 Å². The first kappa shape index (κ1) is 36.4. The second-order valence-corrected chi connectivity index (χ2v) is 14.9. The van der Waals surface area contributed by atoms with Crippen LogP contribution in [0.25, 0.3) is 10.9 Å². The van der Waals surface area contributed by atoms with E-state index in [0.717, 1.165) is 61.9 Å². The van der Waals surface area contributed by atoms with Crippen molar-refractivity contribution in [2.24, 2.45) is 0 Å². The molecule has 1 aliphatic carbocycles. The van der Waals surface area contributed by atoms with E-state index in [4.69, 9.17) is 0 Å². The molecule has 1 heterocycles. The van der Waals surface area contributed by atoms with E-state index in [0.29, 0.717) is 23.2 Å². The zero-order valence-corrected chi connectivity index (χ0v) is 29.5. The average Bonchev–Trinajstić information content (AvgIpc) is 3.43. The lowest BCUT2D eigenvalue weighted by atomic mass is 9.74. The maximum absolute atomic E-state index is 14.3. The number of halogens is 2. The minimum Gasteiger partial charge on any atom is -0.390 e. The number of Topliss-reactive ketones (excluding diaryl/α,β-unsaturated/α-hetero) is 1. The number of hydrogen-bond acceptors (Lipinski definition) is 4. The molecule has 1 amide bonds. The van der Waals surface area contributed by atoms with Crippen LogP contribution in [0.3, 0.4) is 0 Å². The number of fused-ring (bicyclic) bond motifs is 1. The Morgan fingerprint density at radius 3 is 2.35 bits per heavy atom. The number of aromatic nitrogens is 1. The lowest BCUT2D eigenvalue weighted by molar-refractivity contribution is 0.0788. The average molecular weight is 672 g/mol. The highest BCUT2D eigenvalue weighted by molar-refractivity contribution is 6.08. The summed E-state index contributed by atoms with van der Waals surface area (Å²) in [5.74, 6) is -1.89. The van der Waals surface area contributed by atoms with Gasteiger partial charge in [-0.05, 0) is 79.0 Å². The highest BCUT2D eigenvalue weighted by Crippen LogP contribution is 2.39. The van der Waals surface area contributed by atoms with Gasteiger partial charge >= 0.3 is 0 Å². The van der Waals surface area contributed by atoms with Crippen molar-refractivity contribution in [3.05, 3.63) is 106 Å².